The molecule has 1 aromatic heterocycles. The first kappa shape index (κ1) is 16.1. The van der Waals surface area contributed by atoms with E-state index < -0.39 is 0 Å². The molecule has 3 unspecified atom stereocenters. The van der Waals surface area contributed by atoms with Crippen molar-refractivity contribution in [1.29, 1.82) is 0 Å². The van der Waals surface area contributed by atoms with E-state index in [1.165, 1.54) is 0 Å². The van der Waals surface area contributed by atoms with E-state index in [0.717, 1.165) is 69.6 Å². The normalized spacial score (nSPS) is 34.3. The van der Waals surface area contributed by atoms with Gasteiger partial charge in [0.2, 0.25) is 11.8 Å². The molecule has 6 nitrogen and oxygen atoms in total. The minimum absolute atomic E-state index is 0.0442. The molecule has 3 fully saturated rings. The van der Waals surface area contributed by atoms with E-state index in [0.29, 0.717) is 12.5 Å². The van der Waals surface area contributed by atoms with Crippen LogP contribution in [0.5, 0.6) is 0 Å². The van der Waals surface area contributed by atoms with Crippen LogP contribution in [-0.2, 0) is 4.79 Å². The summed E-state index contributed by atoms with van der Waals surface area (Å²) >= 11 is 0. The van der Waals surface area contributed by atoms with Gasteiger partial charge in [0, 0.05) is 30.5 Å². The zero-order valence-electron chi connectivity index (χ0n) is 14.5. The van der Waals surface area contributed by atoms with Gasteiger partial charge in [-0.15, -0.1) is 0 Å². The predicted octanol–water partition coefficient (Wildman–Crippen LogP) is 2.56. The maximum absolute atomic E-state index is 13.1. The van der Waals surface area contributed by atoms with Crippen molar-refractivity contribution in [2.24, 2.45) is 11.7 Å². The van der Waals surface area contributed by atoms with Gasteiger partial charge in [-0.25, -0.2) is 0 Å². The lowest BCUT2D eigenvalue weighted by Gasteiger charge is -2.41. The van der Waals surface area contributed by atoms with Crippen LogP contribution in [0.25, 0.3) is 0 Å². The summed E-state index contributed by atoms with van der Waals surface area (Å²) in [5, 5.41) is 4.19. The van der Waals surface area contributed by atoms with Gasteiger partial charge in [-0.2, -0.15) is 4.98 Å². The van der Waals surface area contributed by atoms with Crippen LogP contribution in [0, 0.1) is 5.92 Å². The number of amides is 1. The summed E-state index contributed by atoms with van der Waals surface area (Å²) in [5.74, 6) is 2.44. The maximum Gasteiger partial charge on any atom is 0.229 e. The highest BCUT2D eigenvalue weighted by Gasteiger charge is 2.41. The number of carbonyl (C=O) groups excluding carboxylic acids is 1. The number of hydrogen-bond donors (Lipinski definition) is 1. The van der Waals surface area contributed by atoms with Gasteiger partial charge in [0.05, 0.1) is 5.92 Å². The number of aromatic nitrogens is 2. The van der Waals surface area contributed by atoms with Gasteiger partial charge in [0.25, 0.3) is 0 Å². The second-order valence-electron chi connectivity index (χ2n) is 8.19. The van der Waals surface area contributed by atoms with E-state index in [9.17, 15) is 4.79 Å². The first-order valence-corrected chi connectivity index (χ1v) is 9.46. The van der Waals surface area contributed by atoms with Crippen LogP contribution < -0.4 is 5.73 Å². The monoisotopic (exact) mass is 332 g/mol. The molecule has 2 heterocycles. The second kappa shape index (κ2) is 6.14. The van der Waals surface area contributed by atoms with Gasteiger partial charge in [-0.1, -0.05) is 18.0 Å². The molecule has 2 saturated carbocycles. The molecule has 1 saturated heterocycles. The Hall–Kier alpha value is -1.43. The van der Waals surface area contributed by atoms with Crippen LogP contribution in [0.1, 0.15) is 81.8 Å². The fourth-order valence-corrected chi connectivity index (χ4v) is 4.28. The Kier molecular flexibility index (Phi) is 4.11. The molecule has 0 aromatic carbocycles. The minimum Gasteiger partial charge on any atom is -0.342 e. The Morgan fingerprint density at radius 3 is 2.79 bits per heavy atom. The van der Waals surface area contributed by atoms with Gasteiger partial charge in [0.15, 0.2) is 5.82 Å². The second-order valence-corrected chi connectivity index (χ2v) is 8.19. The quantitative estimate of drug-likeness (QED) is 0.919. The number of nitrogens with two attached hydrogens (primary N) is 1. The molecule has 1 amide bonds. The van der Waals surface area contributed by atoms with Crippen LogP contribution in [0.2, 0.25) is 0 Å². The molecule has 6 heteroatoms. The molecule has 24 heavy (non-hydrogen) atoms. The zero-order chi connectivity index (χ0) is 16.7. The molecule has 3 aliphatic rings. The molecule has 2 N–H and O–H groups in total. The number of piperidine rings is 1. The molecule has 4 rings (SSSR count). The fourth-order valence-electron chi connectivity index (χ4n) is 4.28. The summed E-state index contributed by atoms with van der Waals surface area (Å²) in [7, 11) is 0. The number of likely N-dealkylation sites (tertiary alicyclic amines) is 1. The Morgan fingerprint density at radius 2 is 2.04 bits per heavy atom. The van der Waals surface area contributed by atoms with Crippen molar-refractivity contribution >= 4 is 5.91 Å². The third kappa shape index (κ3) is 3.08. The average Bonchev–Trinajstić information content (AvgIpc) is 3.31. The van der Waals surface area contributed by atoms with E-state index in [4.69, 9.17) is 10.3 Å². The molecular weight excluding hydrogens is 304 g/mol. The largest absolute Gasteiger partial charge is 0.342 e. The van der Waals surface area contributed by atoms with E-state index in [-0.39, 0.29) is 23.3 Å². The van der Waals surface area contributed by atoms with Crippen molar-refractivity contribution in [3.05, 3.63) is 11.7 Å². The van der Waals surface area contributed by atoms with Crippen LogP contribution >= 0.6 is 0 Å². The van der Waals surface area contributed by atoms with Crippen molar-refractivity contribution in [2.75, 3.05) is 13.1 Å². The first-order chi connectivity index (χ1) is 11.5. The molecule has 3 atom stereocenters. The molecule has 0 bridgehead atoms. The van der Waals surface area contributed by atoms with Gasteiger partial charge in [0.1, 0.15) is 0 Å². The van der Waals surface area contributed by atoms with Gasteiger partial charge in [-0.3, -0.25) is 4.79 Å². The van der Waals surface area contributed by atoms with E-state index in [1.54, 1.807) is 0 Å². The summed E-state index contributed by atoms with van der Waals surface area (Å²) in [5.41, 5.74) is 6.06. The summed E-state index contributed by atoms with van der Waals surface area (Å²) < 4.78 is 5.40. The van der Waals surface area contributed by atoms with Crippen molar-refractivity contribution in [3.8, 4) is 0 Å². The molecule has 0 spiro atoms. The number of carbonyl (C=O) groups is 1. The van der Waals surface area contributed by atoms with E-state index >= 15 is 0 Å². The first-order valence-electron chi connectivity index (χ1n) is 9.46. The Labute approximate surface area is 143 Å². The van der Waals surface area contributed by atoms with Gasteiger partial charge >= 0.3 is 0 Å². The molecule has 0 radical (unpaired) electrons. The Balaban J connectivity index is 1.44. The third-order valence-electron chi connectivity index (χ3n) is 6.03. The standard InChI is InChI=1S/C18H28N4O2/c1-18(19)9-3-2-6-14(18)17(23)22-10-4-5-13(11-22)15-20-16(24-21-15)12-7-8-12/h12-14H,2-11,19H2,1H3. The van der Waals surface area contributed by atoms with Crippen molar-refractivity contribution < 1.29 is 9.32 Å². The summed E-state index contributed by atoms with van der Waals surface area (Å²) in [6, 6.07) is 0. The summed E-state index contributed by atoms with van der Waals surface area (Å²) in [6.45, 7) is 3.57. The summed E-state index contributed by atoms with van der Waals surface area (Å²) in [4.78, 5) is 19.6. The predicted molar refractivity (Wildman–Crippen MR) is 89.4 cm³/mol. The van der Waals surface area contributed by atoms with Crippen molar-refractivity contribution in [1.82, 2.24) is 15.0 Å². The molecular formula is C18H28N4O2. The summed E-state index contributed by atoms with van der Waals surface area (Å²) in [6.07, 6.45) is 8.44. The van der Waals surface area contributed by atoms with Crippen molar-refractivity contribution in [2.45, 2.75) is 75.7 Å². The van der Waals surface area contributed by atoms with E-state index in [2.05, 4.69) is 10.1 Å². The number of nitrogens with zero attached hydrogens (tertiary/aromatic N) is 3. The fraction of sp³-hybridized carbons (Fsp3) is 0.833. The third-order valence-corrected chi connectivity index (χ3v) is 6.03. The van der Waals surface area contributed by atoms with Crippen LogP contribution in [-0.4, -0.2) is 39.6 Å². The SMILES string of the molecule is CC1(N)CCCCC1C(=O)N1CCCC(c2noc(C3CC3)n2)C1. The molecule has 1 aromatic rings. The lowest BCUT2D eigenvalue weighted by Crippen LogP contribution is -2.55. The van der Waals surface area contributed by atoms with Crippen molar-refractivity contribution in [3.63, 3.8) is 0 Å². The average molecular weight is 332 g/mol. The smallest absolute Gasteiger partial charge is 0.229 e. The van der Waals surface area contributed by atoms with Gasteiger partial charge < -0.3 is 15.2 Å². The van der Waals surface area contributed by atoms with Crippen LogP contribution in [0.4, 0.5) is 0 Å². The topological polar surface area (TPSA) is 85.3 Å². The molecule has 2 aliphatic carbocycles. The molecule has 132 valence electrons. The highest BCUT2D eigenvalue weighted by Crippen LogP contribution is 2.40. The lowest BCUT2D eigenvalue weighted by molar-refractivity contribution is -0.140. The number of hydrogen-bond acceptors (Lipinski definition) is 5. The minimum atomic E-state index is -0.367. The highest BCUT2D eigenvalue weighted by molar-refractivity contribution is 5.80. The zero-order valence-corrected chi connectivity index (χ0v) is 14.5. The lowest BCUT2D eigenvalue weighted by atomic mass is 9.73. The van der Waals surface area contributed by atoms with Crippen LogP contribution in [0.15, 0.2) is 4.52 Å². The Bertz CT molecular complexity index is 608. The Morgan fingerprint density at radius 1 is 1.21 bits per heavy atom. The van der Waals surface area contributed by atoms with Gasteiger partial charge in [-0.05, 0) is 45.4 Å². The molecule has 1 aliphatic heterocycles. The maximum atomic E-state index is 13.1. The van der Waals surface area contributed by atoms with Crippen LogP contribution in [0.3, 0.4) is 0 Å². The highest BCUT2D eigenvalue weighted by atomic mass is 16.5. The number of rotatable bonds is 3. The van der Waals surface area contributed by atoms with E-state index in [1.807, 2.05) is 11.8 Å².